The van der Waals surface area contributed by atoms with E-state index in [1.54, 1.807) is 26.8 Å². The standard InChI is InChI=1S/C11H14N4O3/c1-7(16)11(2,3)14-10-5-4-9(15(17)18)8(6-12)13-10/h4-5,7,16H,1-3H3,(H,13,14). The van der Waals surface area contributed by atoms with Gasteiger partial charge in [-0.2, -0.15) is 5.26 Å². The van der Waals surface area contributed by atoms with E-state index >= 15 is 0 Å². The normalized spacial score (nSPS) is 12.6. The molecule has 0 bridgehead atoms. The molecule has 7 heteroatoms. The van der Waals surface area contributed by atoms with Gasteiger partial charge in [-0.15, -0.1) is 0 Å². The first-order valence-corrected chi connectivity index (χ1v) is 5.29. The molecule has 18 heavy (non-hydrogen) atoms. The van der Waals surface area contributed by atoms with Crippen molar-refractivity contribution in [2.75, 3.05) is 5.32 Å². The first-order valence-electron chi connectivity index (χ1n) is 5.29. The molecule has 2 N–H and O–H groups in total. The molecule has 96 valence electrons. The molecule has 1 unspecified atom stereocenters. The Hall–Kier alpha value is -2.20. The zero-order valence-corrected chi connectivity index (χ0v) is 10.3. The van der Waals surface area contributed by atoms with Crippen molar-refractivity contribution in [1.29, 1.82) is 5.26 Å². The molecule has 0 spiro atoms. The number of pyridine rings is 1. The van der Waals surface area contributed by atoms with E-state index in [2.05, 4.69) is 10.3 Å². The van der Waals surface area contributed by atoms with Crippen molar-refractivity contribution < 1.29 is 10.0 Å². The summed E-state index contributed by atoms with van der Waals surface area (Å²) in [4.78, 5) is 13.8. The van der Waals surface area contributed by atoms with E-state index in [1.807, 2.05) is 0 Å². The highest BCUT2D eigenvalue weighted by Gasteiger charge is 2.25. The SMILES string of the molecule is CC(O)C(C)(C)Nc1ccc([N+](=O)[O-])c(C#N)n1. The Bertz CT molecular complexity index is 506. The van der Waals surface area contributed by atoms with Crippen molar-refractivity contribution >= 4 is 11.5 Å². The predicted octanol–water partition coefficient (Wildman–Crippen LogP) is 1.43. The van der Waals surface area contributed by atoms with Gasteiger partial charge in [0.2, 0.25) is 5.69 Å². The zero-order valence-electron chi connectivity index (χ0n) is 10.3. The number of nitrogens with zero attached hydrogens (tertiary/aromatic N) is 3. The highest BCUT2D eigenvalue weighted by atomic mass is 16.6. The number of nitriles is 1. The van der Waals surface area contributed by atoms with Gasteiger partial charge in [0.1, 0.15) is 11.9 Å². The van der Waals surface area contributed by atoms with E-state index in [9.17, 15) is 15.2 Å². The highest BCUT2D eigenvalue weighted by Crippen LogP contribution is 2.21. The largest absolute Gasteiger partial charge is 0.391 e. The van der Waals surface area contributed by atoms with Crippen LogP contribution >= 0.6 is 0 Å². The van der Waals surface area contributed by atoms with Crippen LogP contribution < -0.4 is 5.32 Å². The molecule has 1 aromatic rings. The van der Waals surface area contributed by atoms with Crippen LogP contribution in [0.3, 0.4) is 0 Å². The van der Waals surface area contributed by atoms with Crippen LogP contribution in [0.1, 0.15) is 26.5 Å². The highest BCUT2D eigenvalue weighted by molar-refractivity contribution is 5.51. The molecule has 0 aromatic carbocycles. The number of aliphatic hydroxyl groups excluding tert-OH is 1. The lowest BCUT2D eigenvalue weighted by atomic mass is 9.99. The fraction of sp³-hybridized carbons (Fsp3) is 0.455. The smallest absolute Gasteiger partial charge is 0.305 e. The van der Waals surface area contributed by atoms with E-state index in [4.69, 9.17) is 5.26 Å². The van der Waals surface area contributed by atoms with Gasteiger partial charge in [-0.25, -0.2) is 4.98 Å². The van der Waals surface area contributed by atoms with E-state index in [-0.39, 0.29) is 11.4 Å². The van der Waals surface area contributed by atoms with Crippen LogP contribution in [0.4, 0.5) is 11.5 Å². The number of rotatable bonds is 4. The summed E-state index contributed by atoms with van der Waals surface area (Å²) in [6.45, 7) is 5.13. The molecular formula is C11H14N4O3. The average Bonchev–Trinajstić information content (AvgIpc) is 2.27. The Balaban J connectivity index is 3.08. The first kappa shape index (κ1) is 13.9. The van der Waals surface area contributed by atoms with Crippen molar-refractivity contribution in [3.8, 4) is 6.07 Å². The van der Waals surface area contributed by atoms with Crippen LogP contribution in [0, 0.1) is 21.4 Å². The fourth-order valence-corrected chi connectivity index (χ4v) is 1.19. The van der Waals surface area contributed by atoms with E-state index in [0.717, 1.165) is 0 Å². The summed E-state index contributed by atoms with van der Waals surface area (Å²) in [7, 11) is 0. The third-order valence-electron chi connectivity index (χ3n) is 2.67. The number of aliphatic hydroxyl groups is 1. The van der Waals surface area contributed by atoms with Gasteiger partial charge in [0.05, 0.1) is 16.6 Å². The molecule has 0 saturated carbocycles. The van der Waals surface area contributed by atoms with Gasteiger partial charge in [0.15, 0.2) is 0 Å². The van der Waals surface area contributed by atoms with Gasteiger partial charge in [0.25, 0.3) is 0 Å². The maximum absolute atomic E-state index is 10.6. The van der Waals surface area contributed by atoms with Crippen LogP contribution in [0.25, 0.3) is 0 Å². The fourth-order valence-electron chi connectivity index (χ4n) is 1.19. The van der Waals surface area contributed by atoms with E-state index < -0.39 is 16.6 Å². The van der Waals surface area contributed by atoms with Gasteiger partial charge in [-0.1, -0.05) is 0 Å². The van der Waals surface area contributed by atoms with Gasteiger partial charge < -0.3 is 10.4 Å². The van der Waals surface area contributed by atoms with Crippen molar-refractivity contribution in [1.82, 2.24) is 4.98 Å². The Morgan fingerprint density at radius 3 is 2.67 bits per heavy atom. The second-order valence-corrected chi connectivity index (χ2v) is 4.46. The van der Waals surface area contributed by atoms with Crippen molar-refractivity contribution in [2.45, 2.75) is 32.4 Å². The molecule has 0 aliphatic rings. The topological polar surface area (TPSA) is 112 Å². The quantitative estimate of drug-likeness (QED) is 0.617. The Labute approximate surface area is 104 Å². The minimum absolute atomic E-state index is 0.258. The van der Waals surface area contributed by atoms with E-state index in [1.165, 1.54) is 12.1 Å². The van der Waals surface area contributed by atoms with Crippen molar-refractivity contribution in [2.24, 2.45) is 0 Å². The second kappa shape index (κ2) is 4.98. The summed E-state index contributed by atoms with van der Waals surface area (Å²) in [5.41, 5.74) is -1.25. The molecule has 0 fully saturated rings. The molecule has 0 saturated heterocycles. The summed E-state index contributed by atoms with van der Waals surface area (Å²) >= 11 is 0. The monoisotopic (exact) mass is 250 g/mol. The molecule has 1 rings (SSSR count). The number of hydrogen-bond acceptors (Lipinski definition) is 6. The molecule has 0 radical (unpaired) electrons. The minimum atomic E-state index is -0.658. The number of anilines is 1. The number of nitro groups is 1. The van der Waals surface area contributed by atoms with Crippen molar-refractivity contribution in [3.05, 3.63) is 27.9 Å². The first-order chi connectivity index (χ1) is 8.27. The minimum Gasteiger partial charge on any atom is -0.391 e. The molecule has 1 aromatic heterocycles. The van der Waals surface area contributed by atoms with Gasteiger partial charge in [-0.05, 0) is 26.8 Å². The molecule has 7 nitrogen and oxygen atoms in total. The summed E-state index contributed by atoms with van der Waals surface area (Å²) in [5, 5.41) is 31.9. The Kier molecular flexibility index (Phi) is 3.83. The molecule has 1 heterocycles. The number of nitrogens with one attached hydrogen (secondary N) is 1. The molecule has 0 amide bonds. The summed E-state index contributed by atoms with van der Waals surface area (Å²) in [5.74, 6) is 0.308. The lowest BCUT2D eigenvalue weighted by Crippen LogP contribution is -2.42. The van der Waals surface area contributed by atoms with Crippen molar-refractivity contribution in [3.63, 3.8) is 0 Å². The molecule has 1 atom stereocenters. The lowest BCUT2D eigenvalue weighted by Gasteiger charge is -2.29. The van der Waals surface area contributed by atoms with Crippen LogP contribution in [0.2, 0.25) is 0 Å². The van der Waals surface area contributed by atoms with Gasteiger partial charge in [-0.3, -0.25) is 10.1 Å². The number of aromatic nitrogens is 1. The average molecular weight is 250 g/mol. The van der Waals surface area contributed by atoms with Gasteiger partial charge >= 0.3 is 5.69 Å². The number of hydrogen-bond donors (Lipinski definition) is 2. The zero-order chi connectivity index (χ0) is 13.9. The summed E-state index contributed by atoms with van der Waals surface area (Å²) in [6, 6.07) is 4.30. The molecule has 0 aliphatic carbocycles. The molecular weight excluding hydrogens is 236 g/mol. The Morgan fingerprint density at radius 2 is 2.22 bits per heavy atom. The van der Waals surface area contributed by atoms with Crippen LogP contribution in [0.5, 0.6) is 0 Å². The van der Waals surface area contributed by atoms with Gasteiger partial charge in [0, 0.05) is 6.07 Å². The summed E-state index contributed by atoms with van der Waals surface area (Å²) in [6.07, 6.45) is -0.653. The maximum atomic E-state index is 10.6. The lowest BCUT2D eigenvalue weighted by molar-refractivity contribution is -0.385. The summed E-state index contributed by atoms with van der Waals surface area (Å²) < 4.78 is 0. The van der Waals surface area contributed by atoms with Crippen LogP contribution in [0.15, 0.2) is 12.1 Å². The Morgan fingerprint density at radius 1 is 1.61 bits per heavy atom. The predicted molar refractivity (Wildman–Crippen MR) is 65.0 cm³/mol. The molecule has 0 aliphatic heterocycles. The van der Waals surface area contributed by atoms with E-state index in [0.29, 0.717) is 5.82 Å². The van der Waals surface area contributed by atoms with Crippen LogP contribution in [-0.4, -0.2) is 26.7 Å². The third kappa shape index (κ3) is 2.93. The third-order valence-corrected chi connectivity index (χ3v) is 2.67. The second-order valence-electron chi connectivity index (χ2n) is 4.46. The van der Waals surface area contributed by atoms with Crippen LogP contribution in [-0.2, 0) is 0 Å². The maximum Gasteiger partial charge on any atom is 0.305 e.